The maximum atomic E-state index is 12.9. The number of hydrogen-bond acceptors (Lipinski definition) is 4. The zero-order valence-electron chi connectivity index (χ0n) is 16.1. The number of nitrogens with zero attached hydrogens (tertiary/aromatic N) is 3. The second kappa shape index (κ2) is 9.20. The van der Waals surface area contributed by atoms with E-state index in [0.29, 0.717) is 31.7 Å². The molecule has 9 heteroatoms. The molecule has 0 aliphatic carbocycles. The van der Waals surface area contributed by atoms with Crippen LogP contribution in [0.1, 0.15) is 31.5 Å². The van der Waals surface area contributed by atoms with Crippen LogP contribution in [0.4, 0.5) is 10.5 Å². The standard InChI is InChI=1S/C19H27N5O3S/c1-23-14-11-20-18(23)9-10-21-19(25)22-16-7-6-8-17(15-16)28(26,27)24-12-4-2-3-5-13-24/h6-8,11,14-15H,2-5,9-10,12-13H2,1H3,(H2,21,22,25). The molecule has 2 N–H and O–H groups in total. The molecule has 1 saturated heterocycles. The number of aryl methyl sites for hydroxylation is 1. The van der Waals surface area contributed by atoms with Gasteiger partial charge in [-0.25, -0.2) is 18.2 Å². The molecule has 3 rings (SSSR count). The molecule has 1 aliphatic heterocycles. The van der Waals surface area contributed by atoms with E-state index in [9.17, 15) is 13.2 Å². The van der Waals surface area contributed by atoms with Crippen LogP contribution in [0, 0.1) is 0 Å². The van der Waals surface area contributed by atoms with Crippen LogP contribution >= 0.6 is 0 Å². The molecule has 1 aromatic carbocycles. The third-order valence-electron chi connectivity index (χ3n) is 4.85. The Kier molecular flexibility index (Phi) is 6.69. The summed E-state index contributed by atoms with van der Waals surface area (Å²) in [5, 5.41) is 5.47. The lowest BCUT2D eigenvalue weighted by molar-refractivity contribution is 0.252. The van der Waals surface area contributed by atoms with Crippen LogP contribution < -0.4 is 10.6 Å². The van der Waals surface area contributed by atoms with Gasteiger partial charge in [0.1, 0.15) is 5.82 Å². The molecule has 0 bridgehead atoms. The SMILES string of the molecule is Cn1ccnc1CCNC(=O)Nc1cccc(S(=O)(=O)N2CCCCCC2)c1. The highest BCUT2D eigenvalue weighted by Crippen LogP contribution is 2.22. The smallest absolute Gasteiger partial charge is 0.319 e. The molecule has 2 amide bonds. The molecule has 1 aliphatic rings. The largest absolute Gasteiger partial charge is 0.338 e. The molecule has 2 heterocycles. The number of anilines is 1. The summed E-state index contributed by atoms with van der Waals surface area (Å²) in [6, 6.07) is 6.04. The van der Waals surface area contributed by atoms with Crippen molar-refractivity contribution in [2.24, 2.45) is 7.05 Å². The van der Waals surface area contributed by atoms with Crippen LogP contribution in [-0.2, 0) is 23.5 Å². The van der Waals surface area contributed by atoms with Gasteiger partial charge in [0.05, 0.1) is 4.90 Å². The fourth-order valence-corrected chi connectivity index (χ4v) is 4.83. The summed E-state index contributed by atoms with van der Waals surface area (Å²) in [5.74, 6) is 0.880. The molecule has 1 fully saturated rings. The predicted octanol–water partition coefficient (Wildman–Crippen LogP) is 2.35. The number of nitrogens with one attached hydrogen (secondary N) is 2. The first-order valence-corrected chi connectivity index (χ1v) is 11.0. The van der Waals surface area contributed by atoms with Gasteiger partial charge in [-0.3, -0.25) is 0 Å². The van der Waals surface area contributed by atoms with Gasteiger partial charge in [0.15, 0.2) is 0 Å². The van der Waals surface area contributed by atoms with Crippen molar-refractivity contribution in [3.8, 4) is 0 Å². The fourth-order valence-electron chi connectivity index (χ4n) is 3.27. The van der Waals surface area contributed by atoms with E-state index in [1.807, 2.05) is 17.8 Å². The lowest BCUT2D eigenvalue weighted by atomic mass is 10.2. The van der Waals surface area contributed by atoms with Crippen LogP contribution in [-0.4, -0.2) is 47.9 Å². The van der Waals surface area contributed by atoms with E-state index in [4.69, 9.17) is 0 Å². The molecule has 2 aromatic rings. The maximum absolute atomic E-state index is 12.9. The molecule has 0 spiro atoms. The zero-order valence-corrected chi connectivity index (χ0v) is 16.9. The summed E-state index contributed by atoms with van der Waals surface area (Å²) >= 11 is 0. The summed E-state index contributed by atoms with van der Waals surface area (Å²) in [6.07, 6.45) is 8.07. The van der Waals surface area contributed by atoms with E-state index >= 15 is 0 Å². The topological polar surface area (TPSA) is 96.3 Å². The van der Waals surface area contributed by atoms with Gasteiger partial charge in [0.2, 0.25) is 10.0 Å². The van der Waals surface area contributed by atoms with Crippen LogP contribution in [0.15, 0.2) is 41.6 Å². The van der Waals surface area contributed by atoms with E-state index < -0.39 is 10.0 Å². The number of hydrogen-bond donors (Lipinski definition) is 2. The third-order valence-corrected chi connectivity index (χ3v) is 6.74. The summed E-state index contributed by atoms with van der Waals surface area (Å²) in [5.41, 5.74) is 0.449. The third kappa shape index (κ3) is 5.11. The number of rotatable bonds is 6. The summed E-state index contributed by atoms with van der Waals surface area (Å²) < 4.78 is 29.3. The number of amides is 2. The average molecular weight is 406 g/mol. The van der Waals surface area contributed by atoms with E-state index in [1.54, 1.807) is 28.7 Å². The van der Waals surface area contributed by atoms with Gasteiger partial charge in [-0.15, -0.1) is 0 Å². The molecule has 0 saturated carbocycles. The van der Waals surface area contributed by atoms with Crippen molar-refractivity contribution < 1.29 is 13.2 Å². The van der Waals surface area contributed by atoms with E-state index in [2.05, 4.69) is 15.6 Å². The number of sulfonamides is 1. The summed E-state index contributed by atoms with van der Waals surface area (Å²) in [6.45, 7) is 1.53. The Morgan fingerprint density at radius 3 is 2.61 bits per heavy atom. The van der Waals surface area contributed by atoms with Crippen LogP contribution in [0.5, 0.6) is 0 Å². The van der Waals surface area contributed by atoms with Gasteiger partial charge in [-0.2, -0.15) is 4.31 Å². The number of aromatic nitrogens is 2. The minimum Gasteiger partial charge on any atom is -0.338 e. The second-order valence-corrected chi connectivity index (χ2v) is 8.87. The minimum atomic E-state index is -3.54. The fraction of sp³-hybridized carbons (Fsp3) is 0.474. The number of urea groups is 1. The first-order chi connectivity index (χ1) is 13.5. The Labute approximate surface area is 166 Å². The Morgan fingerprint density at radius 1 is 1.18 bits per heavy atom. The van der Waals surface area contributed by atoms with Crippen molar-refractivity contribution in [2.45, 2.75) is 37.0 Å². The highest BCUT2D eigenvalue weighted by atomic mass is 32.2. The quantitative estimate of drug-likeness (QED) is 0.771. The molecular formula is C19H27N5O3S. The highest BCUT2D eigenvalue weighted by molar-refractivity contribution is 7.89. The number of carbonyl (C=O) groups excluding carboxylic acids is 1. The summed E-state index contributed by atoms with van der Waals surface area (Å²) in [7, 11) is -1.64. The van der Waals surface area contributed by atoms with Crippen LogP contribution in [0.25, 0.3) is 0 Å². The van der Waals surface area contributed by atoms with Crippen LogP contribution in [0.3, 0.4) is 0 Å². The Hall–Kier alpha value is -2.39. The lowest BCUT2D eigenvalue weighted by Crippen LogP contribution is -2.32. The maximum Gasteiger partial charge on any atom is 0.319 e. The summed E-state index contributed by atoms with van der Waals surface area (Å²) in [4.78, 5) is 16.5. The van der Waals surface area contributed by atoms with Crippen molar-refractivity contribution in [1.29, 1.82) is 0 Å². The van der Waals surface area contributed by atoms with Gasteiger partial charge in [0.25, 0.3) is 0 Å². The predicted molar refractivity (Wildman–Crippen MR) is 108 cm³/mol. The van der Waals surface area contributed by atoms with Gasteiger partial charge < -0.3 is 15.2 Å². The van der Waals surface area contributed by atoms with Gasteiger partial charge >= 0.3 is 6.03 Å². The van der Waals surface area contributed by atoms with Gasteiger partial charge in [0, 0.05) is 51.2 Å². The second-order valence-electron chi connectivity index (χ2n) is 6.93. The average Bonchev–Trinajstić information content (AvgIpc) is 2.91. The molecule has 28 heavy (non-hydrogen) atoms. The molecule has 0 unspecified atom stereocenters. The first-order valence-electron chi connectivity index (χ1n) is 9.58. The molecule has 152 valence electrons. The van der Waals surface area contributed by atoms with Gasteiger partial charge in [-0.1, -0.05) is 18.9 Å². The molecule has 8 nitrogen and oxygen atoms in total. The monoisotopic (exact) mass is 405 g/mol. The molecule has 0 atom stereocenters. The lowest BCUT2D eigenvalue weighted by Gasteiger charge is -2.20. The van der Waals surface area contributed by atoms with Crippen LogP contribution in [0.2, 0.25) is 0 Å². The normalized spacial score (nSPS) is 15.8. The van der Waals surface area contributed by atoms with E-state index in [0.717, 1.165) is 31.5 Å². The minimum absolute atomic E-state index is 0.209. The van der Waals surface area contributed by atoms with Gasteiger partial charge in [-0.05, 0) is 31.0 Å². The van der Waals surface area contributed by atoms with Crippen molar-refractivity contribution in [2.75, 3.05) is 25.0 Å². The van der Waals surface area contributed by atoms with E-state index in [1.165, 1.54) is 6.07 Å². The zero-order chi connectivity index (χ0) is 20.0. The van der Waals surface area contributed by atoms with Crippen molar-refractivity contribution in [3.63, 3.8) is 0 Å². The Balaban J connectivity index is 1.59. The molecular weight excluding hydrogens is 378 g/mol. The Bertz CT molecular complexity index is 902. The van der Waals surface area contributed by atoms with Crippen molar-refractivity contribution in [3.05, 3.63) is 42.5 Å². The highest BCUT2D eigenvalue weighted by Gasteiger charge is 2.25. The molecule has 1 aromatic heterocycles. The Morgan fingerprint density at radius 2 is 1.93 bits per heavy atom. The molecule has 0 radical (unpaired) electrons. The van der Waals surface area contributed by atoms with Crippen molar-refractivity contribution >= 4 is 21.7 Å². The number of benzene rings is 1. The number of imidazole rings is 1. The first kappa shape index (κ1) is 20.3. The number of carbonyl (C=O) groups is 1. The van der Waals surface area contributed by atoms with E-state index in [-0.39, 0.29) is 10.9 Å². The van der Waals surface area contributed by atoms with Crippen molar-refractivity contribution in [1.82, 2.24) is 19.2 Å².